The van der Waals surface area contributed by atoms with Gasteiger partial charge in [-0.2, -0.15) is 0 Å². The largest absolute Gasteiger partial charge is 0.380 e. The molecule has 0 aromatic carbocycles. The summed E-state index contributed by atoms with van der Waals surface area (Å²) in [4.78, 5) is 0. The van der Waals surface area contributed by atoms with Crippen LogP contribution in [0.3, 0.4) is 0 Å². The first kappa shape index (κ1) is 25.4. The van der Waals surface area contributed by atoms with Crippen LogP contribution in [-0.4, -0.2) is 23.2 Å². The Morgan fingerprint density at radius 3 is 1.45 bits per heavy atom. The van der Waals surface area contributed by atoms with Crippen LogP contribution < -0.4 is 0 Å². The zero-order valence-electron chi connectivity index (χ0n) is 20.1. The third-order valence-electron chi connectivity index (χ3n) is 7.41. The Kier molecular flexibility index (Phi) is 9.29. The molecular weight excluding hydrogens is 383 g/mol. The quantitative estimate of drug-likeness (QED) is 0.417. The van der Waals surface area contributed by atoms with Gasteiger partial charge in [0, 0.05) is 0 Å². The Morgan fingerprint density at radius 1 is 0.759 bits per heavy atom. The zero-order chi connectivity index (χ0) is 21.9. The number of hydrogen-bond acceptors (Lipinski definition) is 4. The molecule has 7 atom stereocenters. The summed E-state index contributed by atoms with van der Waals surface area (Å²) in [6.45, 7) is 17.2. The summed E-state index contributed by atoms with van der Waals surface area (Å²) < 4.78 is 26.9. The van der Waals surface area contributed by atoms with Gasteiger partial charge >= 0.3 is 7.60 Å². The van der Waals surface area contributed by atoms with Gasteiger partial charge in [0.2, 0.25) is 0 Å². The lowest BCUT2D eigenvalue weighted by Crippen LogP contribution is -2.38. The van der Waals surface area contributed by atoms with Crippen molar-refractivity contribution in [2.24, 2.45) is 41.4 Å². The van der Waals surface area contributed by atoms with E-state index in [0.717, 1.165) is 25.7 Å². The fourth-order valence-corrected chi connectivity index (χ4v) is 7.63. The SMILES string of the molecule is CC(C)[C@@H](O)P(=O)(O[C@@H]1C[C@H](C)CC[C@H]1C(C)C)O[C@@H]1C[C@H](C)CC[C@H]1C(C)C. The van der Waals surface area contributed by atoms with E-state index in [-0.39, 0.29) is 18.1 Å². The lowest BCUT2D eigenvalue weighted by molar-refractivity contribution is -0.0186. The van der Waals surface area contributed by atoms with Crippen LogP contribution in [0.2, 0.25) is 0 Å². The van der Waals surface area contributed by atoms with E-state index in [1.807, 2.05) is 13.8 Å². The monoisotopic (exact) mass is 430 g/mol. The van der Waals surface area contributed by atoms with Gasteiger partial charge in [0.25, 0.3) is 0 Å². The lowest BCUT2D eigenvalue weighted by atomic mass is 9.75. The van der Waals surface area contributed by atoms with Gasteiger partial charge < -0.3 is 14.2 Å². The molecule has 0 saturated heterocycles. The molecule has 5 heteroatoms. The van der Waals surface area contributed by atoms with Gasteiger partial charge in [0.05, 0.1) is 12.2 Å². The molecule has 0 spiro atoms. The Bertz CT molecular complexity index is 509. The predicted octanol–water partition coefficient (Wildman–Crippen LogP) is 7.11. The highest BCUT2D eigenvalue weighted by Crippen LogP contribution is 2.60. The van der Waals surface area contributed by atoms with E-state index in [0.29, 0.717) is 35.5 Å². The number of rotatable bonds is 8. The molecule has 2 rings (SSSR count). The van der Waals surface area contributed by atoms with Crippen LogP contribution in [0.5, 0.6) is 0 Å². The van der Waals surface area contributed by atoms with E-state index in [2.05, 4.69) is 41.5 Å². The Morgan fingerprint density at radius 2 is 1.14 bits per heavy atom. The summed E-state index contributed by atoms with van der Waals surface area (Å²) in [6, 6.07) is 0. The van der Waals surface area contributed by atoms with Crippen molar-refractivity contribution in [3.63, 3.8) is 0 Å². The molecule has 2 fully saturated rings. The minimum Gasteiger partial charge on any atom is -0.380 e. The van der Waals surface area contributed by atoms with Gasteiger partial charge in [-0.3, -0.25) is 4.57 Å². The van der Waals surface area contributed by atoms with Gasteiger partial charge in [-0.05, 0) is 67.1 Å². The molecular formula is C24H47O4P. The van der Waals surface area contributed by atoms with Crippen LogP contribution in [0, 0.1) is 41.4 Å². The molecule has 0 amide bonds. The third kappa shape index (κ3) is 6.55. The number of aliphatic hydroxyl groups excluding tert-OH is 1. The first-order valence-corrected chi connectivity index (χ1v) is 13.7. The molecule has 0 bridgehead atoms. The lowest BCUT2D eigenvalue weighted by Gasteiger charge is -2.43. The van der Waals surface area contributed by atoms with E-state index >= 15 is 0 Å². The molecule has 0 heterocycles. The smallest absolute Gasteiger partial charge is 0.359 e. The molecule has 29 heavy (non-hydrogen) atoms. The van der Waals surface area contributed by atoms with Gasteiger partial charge in [-0.15, -0.1) is 0 Å². The van der Waals surface area contributed by atoms with Crippen LogP contribution in [0.4, 0.5) is 0 Å². The minimum absolute atomic E-state index is 0.100. The van der Waals surface area contributed by atoms with Crippen LogP contribution in [0.1, 0.15) is 93.9 Å². The van der Waals surface area contributed by atoms with E-state index in [4.69, 9.17) is 9.05 Å². The topological polar surface area (TPSA) is 55.8 Å². The Hall–Kier alpha value is 0.110. The van der Waals surface area contributed by atoms with Gasteiger partial charge in [-0.1, -0.05) is 68.2 Å². The van der Waals surface area contributed by atoms with Crippen LogP contribution >= 0.6 is 7.60 Å². The van der Waals surface area contributed by atoms with E-state index in [9.17, 15) is 9.67 Å². The fourth-order valence-electron chi connectivity index (χ4n) is 5.36. The number of hydrogen-bond donors (Lipinski definition) is 1. The molecule has 0 aliphatic heterocycles. The molecule has 2 aliphatic carbocycles. The Labute approximate surface area is 180 Å². The van der Waals surface area contributed by atoms with Crippen LogP contribution in [-0.2, 0) is 13.6 Å². The Balaban J connectivity index is 2.28. The standard InChI is InChI=1S/C24H47O4P/c1-15(2)20-11-9-18(7)13-22(20)27-29(26,24(25)17(5)6)28-23-14-19(8)10-12-21(23)16(3)4/h15-25H,9-14H2,1-8H3/t18-,19-,20+,21+,22-,23-,24+/m1/s1. The van der Waals surface area contributed by atoms with Crippen molar-refractivity contribution < 1.29 is 18.7 Å². The average molecular weight is 431 g/mol. The van der Waals surface area contributed by atoms with Crippen molar-refractivity contribution >= 4 is 7.60 Å². The summed E-state index contributed by atoms with van der Waals surface area (Å²) in [5.41, 5.74) is 0. The van der Waals surface area contributed by atoms with Crippen molar-refractivity contribution in [3.8, 4) is 0 Å². The zero-order valence-corrected chi connectivity index (χ0v) is 21.0. The summed E-state index contributed by atoms with van der Waals surface area (Å²) in [6.07, 6.45) is 6.16. The van der Waals surface area contributed by atoms with E-state index in [1.54, 1.807) is 0 Å². The molecule has 2 aliphatic rings. The first-order chi connectivity index (χ1) is 13.4. The maximum absolute atomic E-state index is 14.1. The second-order valence-corrected chi connectivity index (χ2v) is 13.2. The minimum atomic E-state index is -3.66. The molecule has 2 saturated carbocycles. The maximum Gasteiger partial charge on any atom is 0.359 e. The number of aliphatic hydroxyl groups is 1. The molecule has 0 unspecified atom stereocenters. The van der Waals surface area contributed by atoms with Gasteiger partial charge in [0.15, 0.2) is 5.85 Å². The third-order valence-corrected chi connectivity index (χ3v) is 9.78. The summed E-state index contributed by atoms with van der Waals surface area (Å²) in [5, 5.41) is 11.0. The van der Waals surface area contributed by atoms with Crippen LogP contribution in [0.25, 0.3) is 0 Å². The molecule has 4 nitrogen and oxygen atoms in total. The van der Waals surface area contributed by atoms with Crippen molar-refractivity contribution in [3.05, 3.63) is 0 Å². The molecule has 0 aromatic heterocycles. The predicted molar refractivity (Wildman–Crippen MR) is 121 cm³/mol. The summed E-state index contributed by atoms with van der Waals surface area (Å²) >= 11 is 0. The second kappa shape index (κ2) is 10.6. The van der Waals surface area contributed by atoms with Crippen molar-refractivity contribution in [2.45, 2.75) is 112 Å². The fraction of sp³-hybridized carbons (Fsp3) is 1.00. The van der Waals surface area contributed by atoms with Crippen molar-refractivity contribution in [2.75, 3.05) is 0 Å². The maximum atomic E-state index is 14.1. The van der Waals surface area contributed by atoms with Gasteiger partial charge in [0.1, 0.15) is 0 Å². The molecule has 1 N–H and O–H groups in total. The van der Waals surface area contributed by atoms with E-state index < -0.39 is 13.4 Å². The highest BCUT2D eigenvalue weighted by molar-refractivity contribution is 7.54. The second-order valence-electron chi connectivity index (χ2n) is 11.1. The van der Waals surface area contributed by atoms with Crippen LogP contribution in [0.15, 0.2) is 0 Å². The average Bonchev–Trinajstić information content (AvgIpc) is 2.60. The van der Waals surface area contributed by atoms with Crippen molar-refractivity contribution in [1.29, 1.82) is 0 Å². The van der Waals surface area contributed by atoms with Crippen molar-refractivity contribution in [1.82, 2.24) is 0 Å². The molecule has 0 aromatic rings. The normalized spacial score (nSPS) is 35.4. The summed E-state index contributed by atoms with van der Waals surface area (Å²) in [7, 11) is -3.66. The molecule has 0 radical (unpaired) electrons. The highest BCUT2D eigenvalue weighted by Gasteiger charge is 2.46. The summed E-state index contributed by atoms with van der Waals surface area (Å²) in [5.74, 6) is 1.54. The first-order valence-electron chi connectivity index (χ1n) is 12.1. The molecule has 172 valence electrons. The van der Waals surface area contributed by atoms with E-state index in [1.165, 1.54) is 12.8 Å². The van der Waals surface area contributed by atoms with Gasteiger partial charge in [-0.25, -0.2) is 0 Å². The highest BCUT2D eigenvalue weighted by atomic mass is 31.2.